The minimum absolute atomic E-state index is 0.00593. The number of hydrogen-bond acceptors (Lipinski definition) is 3. The summed E-state index contributed by atoms with van der Waals surface area (Å²) in [5.74, 6) is 0.627. The zero-order valence-electron chi connectivity index (χ0n) is 10.3. The molecular weight excluding hydrogens is 308 g/mol. The van der Waals surface area contributed by atoms with E-state index in [1.54, 1.807) is 16.9 Å². The van der Waals surface area contributed by atoms with E-state index in [0.29, 0.717) is 16.9 Å². The maximum absolute atomic E-state index is 12.4. The quantitative estimate of drug-likeness (QED) is 0.759. The molecule has 19 heavy (non-hydrogen) atoms. The number of Topliss-reactive ketones (excluding diaryl/α,β-unsaturated/α-hetero) is 1. The summed E-state index contributed by atoms with van der Waals surface area (Å²) in [6.45, 7) is 0.281. The molecule has 0 N–H and O–H groups in total. The highest BCUT2D eigenvalue weighted by Crippen LogP contribution is 2.34. The predicted molar refractivity (Wildman–Crippen MR) is 75.2 cm³/mol. The van der Waals surface area contributed by atoms with Gasteiger partial charge in [-0.2, -0.15) is 5.10 Å². The molecule has 0 aliphatic carbocycles. The number of carbonyl (C=O) groups excluding carboxylic acids is 1. The Morgan fingerprint density at radius 1 is 1.47 bits per heavy atom. The predicted octanol–water partition coefficient (Wildman–Crippen LogP) is 2.84. The molecule has 0 spiro atoms. The topological polar surface area (TPSA) is 44.1 Å². The Bertz CT molecular complexity index is 689. The second kappa shape index (κ2) is 4.66. The largest absolute Gasteiger partial charge is 0.487 e. The fourth-order valence-electron chi connectivity index (χ4n) is 2.05. The van der Waals surface area contributed by atoms with E-state index in [1.165, 1.54) is 0 Å². The van der Waals surface area contributed by atoms with Crippen LogP contribution in [-0.2, 0) is 7.05 Å². The molecule has 0 fully saturated rings. The fourth-order valence-corrected chi connectivity index (χ4v) is 2.53. The van der Waals surface area contributed by atoms with Crippen molar-refractivity contribution in [3.8, 4) is 5.75 Å². The van der Waals surface area contributed by atoms with Crippen LogP contribution in [0.15, 0.2) is 40.6 Å². The van der Waals surface area contributed by atoms with Crippen molar-refractivity contribution in [3.63, 3.8) is 0 Å². The number of benzene rings is 1. The Hall–Kier alpha value is -1.88. The van der Waals surface area contributed by atoms with Crippen LogP contribution in [0.5, 0.6) is 5.75 Å². The van der Waals surface area contributed by atoms with Gasteiger partial charge in [-0.25, -0.2) is 0 Å². The van der Waals surface area contributed by atoms with Crippen LogP contribution < -0.4 is 4.74 Å². The molecule has 0 unspecified atom stereocenters. The van der Waals surface area contributed by atoms with Gasteiger partial charge in [-0.15, -0.1) is 0 Å². The van der Waals surface area contributed by atoms with Gasteiger partial charge in [-0.05, 0) is 34.1 Å². The van der Waals surface area contributed by atoms with Crippen LogP contribution in [0, 0.1) is 0 Å². The molecule has 1 aliphatic heterocycles. The Morgan fingerprint density at radius 3 is 3.05 bits per heavy atom. The molecule has 0 bridgehead atoms. The van der Waals surface area contributed by atoms with Crippen LogP contribution in [0.1, 0.15) is 15.9 Å². The molecule has 0 amide bonds. The highest BCUT2D eigenvalue weighted by Gasteiger charge is 2.24. The normalized spacial score (nSPS) is 16.3. The van der Waals surface area contributed by atoms with Gasteiger partial charge in [0.1, 0.15) is 12.4 Å². The number of fused-ring (bicyclic) bond motifs is 1. The first-order valence-corrected chi connectivity index (χ1v) is 6.59. The number of carbonyl (C=O) groups is 1. The third kappa shape index (κ3) is 2.21. The SMILES string of the molecule is Cn1cc(C=C2COc3c(Br)cccc3C2=O)cn1. The smallest absolute Gasteiger partial charge is 0.196 e. The molecule has 96 valence electrons. The molecule has 1 aliphatic rings. The van der Waals surface area contributed by atoms with Gasteiger partial charge in [0, 0.05) is 24.4 Å². The Morgan fingerprint density at radius 2 is 2.32 bits per heavy atom. The molecule has 2 aromatic rings. The molecule has 2 heterocycles. The second-order valence-corrected chi connectivity index (χ2v) is 5.21. The van der Waals surface area contributed by atoms with Crippen molar-refractivity contribution in [2.45, 2.75) is 0 Å². The molecule has 3 rings (SSSR count). The molecule has 0 atom stereocenters. The van der Waals surface area contributed by atoms with Gasteiger partial charge in [0.25, 0.3) is 0 Å². The van der Waals surface area contributed by atoms with E-state index in [1.807, 2.05) is 31.5 Å². The van der Waals surface area contributed by atoms with Crippen molar-refractivity contribution in [1.29, 1.82) is 0 Å². The second-order valence-electron chi connectivity index (χ2n) is 4.35. The van der Waals surface area contributed by atoms with E-state index in [9.17, 15) is 4.79 Å². The van der Waals surface area contributed by atoms with Crippen molar-refractivity contribution < 1.29 is 9.53 Å². The number of para-hydroxylation sites is 1. The lowest BCUT2D eigenvalue weighted by Crippen LogP contribution is -2.19. The summed E-state index contributed by atoms with van der Waals surface area (Å²) in [7, 11) is 1.84. The Balaban J connectivity index is 2.00. The number of ketones is 1. The summed E-state index contributed by atoms with van der Waals surface area (Å²) in [5, 5.41) is 4.08. The van der Waals surface area contributed by atoms with Crippen LogP contribution in [0.4, 0.5) is 0 Å². The van der Waals surface area contributed by atoms with Gasteiger partial charge >= 0.3 is 0 Å². The molecule has 4 nitrogen and oxygen atoms in total. The Kier molecular flexibility index (Phi) is 2.98. The molecular formula is C14H11BrN2O2. The average Bonchev–Trinajstić information content (AvgIpc) is 2.79. The lowest BCUT2D eigenvalue weighted by Gasteiger charge is -2.19. The van der Waals surface area contributed by atoms with Crippen LogP contribution in [0.3, 0.4) is 0 Å². The van der Waals surface area contributed by atoms with Crippen molar-refractivity contribution in [1.82, 2.24) is 9.78 Å². The first-order chi connectivity index (χ1) is 9.15. The van der Waals surface area contributed by atoms with E-state index < -0.39 is 0 Å². The number of rotatable bonds is 1. The molecule has 0 saturated heterocycles. The van der Waals surface area contributed by atoms with Crippen LogP contribution in [0.2, 0.25) is 0 Å². The maximum atomic E-state index is 12.4. The first-order valence-electron chi connectivity index (χ1n) is 5.80. The van der Waals surface area contributed by atoms with Gasteiger partial charge in [-0.3, -0.25) is 9.48 Å². The van der Waals surface area contributed by atoms with E-state index in [2.05, 4.69) is 21.0 Å². The zero-order valence-corrected chi connectivity index (χ0v) is 11.8. The summed E-state index contributed by atoms with van der Waals surface area (Å²) >= 11 is 3.39. The summed E-state index contributed by atoms with van der Waals surface area (Å²) in [4.78, 5) is 12.4. The lowest BCUT2D eigenvalue weighted by molar-refractivity contribution is 0.100. The van der Waals surface area contributed by atoms with Gasteiger partial charge in [-0.1, -0.05) is 6.07 Å². The lowest BCUT2D eigenvalue weighted by atomic mass is 9.99. The van der Waals surface area contributed by atoms with Crippen molar-refractivity contribution >= 4 is 27.8 Å². The summed E-state index contributed by atoms with van der Waals surface area (Å²) in [6.07, 6.45) is 5.40. The third-order valence-electron chi connectivity index (χ3n) is 2.94. The highest BCUT2D eigenvalue weighted by atomic mass is 79.9. The van der Waals surface area contributed by atoms with E-state index in [0.717, 1.165) is 10.0 Å². The number of ether oxygens (including phenoxy) is 1. The molecule has 1 aromatic heterocycles. The van der Waals surface area contributed by atoms with Crippen molar-refractivity contribution in [3.05, 3.63) is 51.8 Å². The van der Waals surface area contributed by atoms with Gasteiger partial charge in [0.15, 0.2) is 5.78 Å². The highest BCUT2D eigenvalue weighted by molar-refractivity contribution is 9.10. The van der Waals surface area contributed by atoms with Gasteiger partial charge in [0.2, 0.25) is 0 Å². The van der Waals surface area contributed by atoms with Crippen molar-refractivity contribution in [2.24, 2.45) is 7.05 Å². The molecule has 0 saturated carbocycles. The Labute approximate surface area is 118 Å². The van der Waals surface area contributed by atoms with Crippen LogP contribution >= 0.6 is 15.9 Å². The first kappa shape index (κ1) is 12.2. The van der Waals surface area contributed by atoms with Gasteiger partial charge < -0.3 is 4.74 Å². The van der Waals surface area contributed by atoms with Crippen LogP contribution in [0.25, 0.3) is 6.08 Å². The van der Waals surface area contributed by atoms with E-state index in [4.69, 9.17) is 4.74 Å². The minimum atomic E-state index is 0.00593. The molecule has 5 heteroatoms. The average molecular weight is 319 g/mol. The van der Waals surface area contributed by atoms with E-state index >= 15 is 0 Å². The fraction of sp³-hybridized carbons (Fsp3) is 0.143. The number of nitrogens with zero attached hydrogens (tertiary/aromatic N) is 2. The zero-order chi connectivity index (χ0) is 13.4. The summed E-state index contributed by atoms with van der Waals surface area (Å²) in [6, 6.07) is 5.47. The number of halogens is 1. The minimum Gasteiger partial charge on any atom is -0.487 e. The third-order valence-corrected chi connectivity index (χ3v) is 3.57. The molecule has 0 radical (unpaired) electrons. The molecule has 1 aromatic carbocycles. The number of aryl methyl sites for hydroxylation is 1. The summed E-state index contributed by atoms with van der Waals surface area (Å²) < 4.78 is 8.16. The van der Waals surface area contributed by atoms with Crippen molar-refractivity contribution in [2.75, 3.05) is 6.61 Å². The number of hydrogen-bond donors (Lipinski definition) is 0. The summed E-state index contributed by atoms with van der Waals surface area (Å²) in [5.41, 5.74) is 2.13. The monoisotopic (exact) mass is 318 g/mol. The standard InChI is InChI=1S/C14H11BrN2O2/c1-17-7-9(6-16-17)5-10-8-19-14-11(13(10)18)3-2-4-12(14)15/h2-7H,8H2,1H3. The van der Waals surface area contributed by atoms with Crippen LogP contribution in [-0.4, -0.2) is 22.2 Å². The number of aromatic nitrogens is 2. The van der Waals surface area contributed by atoms with Gasteiger partial charge in [0.05, 0.1) is 16.2 Å². The maximum Gasteiger partial charge on any atom is 0.196 e. The van der Waals surface area contributed by atoms with E-state index in [-0.39, 0.29) is 12.4 Å².